The van der Waals surface area contributed by atoms with E-state index in [1.807, 2.05) is 13.8 Å². The van der Waals surface area contributed by atoms with E-state index >= 15 is 0 Å². The predicted molar refractivity (Wildman–Crippen MR) is 66.2 cm³/mol. The Labute approximate surface area is 103 Å². The van der Waals surface area contributed by atoms with Crippen molar-refractivity contribution in [2.75, 3.05) is 6.54 Å². The lowest BCUT2D eigenvalue weighted by Crippen LogP contribution is -2.25. The van der Waals surface area contributed by atoms with Crippen molar-refractivity contribution in [2.45, 2.75) is 26.3 Å². The molecule has 0 bridgehead atoms. The number of benzene rings is 1. The van der Waals surface area contributed by atoms with E-state index < -0.39 is 5.82 Å². The van der Waals surface area contributed by atoms with Gasteiger partial charge in [0.2, 0.25) is 0 Å². The van der Waals surface area contributed by atoms with Gasteiger partial charge in [-0.2, -0.15) is 0 Å². The van der Waals surface area contributed by atoms with Crippen LogP contribution in [0.1, 0.15) is 30.6 Å². The minimum Gasteiger partial charge on any atom is -0.314 e. The summed E-state index contributed by atoms with van der Waals surface area (Å²) in [5, 5.41) is 3.13. The first-order valence-electron chi connectivity index (χ1n) is 5.22. The minimum atomic E-state index is -0.460. The van der Waals surface area contributed by atoms with Gasteiger partial charge in [-0.25, -0.2) is 4.39 Å². The van der Waals surface area contributed by atoms with Gasteiger partial charge in [-0.3, -0.25) is 4.79 Å². The first kappa shape index (κ1) is 13.3. The zero-order valence-electron chi connectivity index (χ0n) is 9.39. The number of carbonyl (C=O) groups excluding carboxylic acids is 1. The molecule has 0 unspecified atom stereocenters. The second kappa shape index (κ2) is 6.11. The molecule has 0 atom stereocenters. The second-order valence-electron chi connectivity index (χ2n) is 3.91. The van der Waals surface area contributed by atoms with Crippen molar-refractivity contribution in [3.8, 4) is 0 Å². The Morgan fingerprint density at radius 3 is 2.81 bits per heavy atom. The predicted octanol–water partition coefficient (Wildman–Crippen LogP) is 3.16. The molecule has 1 rings (SSSR count). The van der Waals surface area contributed by atoms with Crippen LogP contribution in [0, 0.1) is 5.82 Å². The fourth-order valence-corrected chi connectivity index (χ4v) is 1.68. The lowest BCUT2D eigenvalue weighted by Gasteiger charge is -2.07. The van der Waals surface area contributed by atoms with Crippen molar-refractivity contribution in [3.05, 3.63) is 34.1 Å². The van der Waals surface area contributed by atoms with Crippen LogP contribution in [0.5, 0.6) is 0 Å². The van der Waals surface area contributed by atoms with E-state index in [0.717, 1.165) is 0 Å². The SMILES string of the molecule is CC(C)NCCC(=O)c1cc(Br)ccc1F. The molecule has 1 aromatic carbocycles. The molecule has 2 nitrogen and oxygen atoms in total. The molecule has 0 saturated carbocycles. The van der Waals surface area contributed by atoms with Crippen molar-refractivity contribution >= 4 is 21.7 Å². The molecule has 0 aliphatic heterocycles. The Morgan fingerprint density at radius 2 is 2.19 bits per heavy atom. The summed E-state index contributed by atoms with van der Waals surface area (Å²) in [5.74, 6) is -0.635. The third-order valence-corrected chi connectivity index (χ3v) is 2.63. The molecule has 88 valence electrons. The lowest BCUT2D eigenvalue weighted by atomic mass is 10.1. The smallest absolute Gasteiger partial charge is 0.167 e. The van der Waals surface area contributed by atoms with E-state index in [9.17, 15) is 9.18 Å². The molecule has 4 heteroatoms. The van der Waals surface area contributed by atoms with Crippen LogP contribution in [0.3, 0.4) is 0 Å². The van der Waals surface area contributed by atoms with Gasteiger partial charge in [-0.1, -0.05) is 29.8 Å². The molecule has 0 saturated heterocycles. The largest absolute Gasteiger partial charge is 0.314 e. The van der Waals surface area contributed by atoms with Gasteiger partial charge >= 0.3 is 0 Å². The second-order valence-corrected chi connectivity index (χ2v) is 4.82. The summed E-state index contributed by atoms with van der Waals surface area (Å²) in [6, 6.07) is 4.73. The molecule has 0 aliphatic carbocycles. The standard InChI is InChI=1S/C12H15BrFNO/c1-8(2)15-6-5-12(16)10-7-9(13)3-4-11(10)14/h3-4,7-8,15H,5-6H2,1-2H3. The number of ketones is 1. The lowest BCUT2D eigenvalue weighted by molar-refractivity contribution is 0.0978. The summed E-state index contributed by atoms with van der Waals surface area (Å²) in [6.45, 7) is 4.58. The van der Waals surface area contributed by atoms with Crippen LogP contribution in [0.2, 0.25) is 0 Å². The zero-order chi connectivity index (χ0) is 12.1. The van der Waals surface area contributed by atoms with Crippen molar-refractivity contribution < 1.29 is 9.18 Å². The first-order chi connectivity index (χ1) is 7.50. The van der Waals surface area contributed by atoms with E-state index in [1.54, 1.807) is 6.07 Å². The van der Waals surface area contributed by atoms with Crippen LogP contribution < -0.4 is 5.32 Å². The van der Waals surface area contributed by atoms with E-state index in [1.165, 1.54) is 12.1 Å². The van der Waals surface area contributed by atoms with Gasteiger partial charge in [0, 0.05) is 23.5 Å². The molecule has 0 spiro atoms. The van der Waals surface area contributed by atoms with Gasteiger partial charge in [0.05, 0.1) is 5.56 Å². The Morgan fingerprint density at radius 1 is 1.50 bits per heavy atom. The molecule has 1 N–H and O–H groups in total. The monoisotopic (exact) mass is 287 g/mol. The highest BCUT2D eigenvalue weighted by molar-refractivity contribution is 9.10. The topological polar surface area (TPSA) is 29.1 Å². The highest BCUT2D eigenvalue weighted by atomic mass is 79.9. The van der Waals surface area contributed by atoms with Crippen molar-refractivity contribution in [1.82, 2.24) is 5.32 Å². The van der Waals surface area contributed by atoms with Gasteiger partial charge in [-0.15, -0.1) is 0 Å². The Balaban J connectivity index is 2.62. The van der Waals surface area contributed by atoms with Crippen LogP contribution >= 0.6 is 15.9 Å². The normalized spacial score (nSPS) is 10.8. The fourth-order valence-electron chi connectivity index (χ4n) is 1.32. The van der Waals surface area contributed by atoms with Crippen molar-refractivity contribution in [1.29, 1.82) is 0 Å². The molecule has 0 fully saturated rings. The van der Waals surface area contributed by atoms with E-state index in [4.69, 9.17) is 0 Å². The molecule has 0 amide bonds. The van der Waals surface area contributed by atoms with E-state index in [2.05, 4.69) is 21.2 Å². The van der Waals surface area contributed by atoms with Gasteiger partial charge in [0.1, 0.15) is 5.82 Å². The molecular formula is C12H15BrFNO. The molecule has 0 radical (unpaired) electrons. The Hall–Kier alpha value is -0.740. The number of rotatable bonds is 5. The van der Waals surface area contributed by atoms with E-state index in [-0.39, 0.29) is 11.3 Å². The molecule has 0 aromatic heterocycles. The number of hydrogen-bond donors (Lipinski definition) is 1. The maximum atomic E-state index is 13.3. The average molecular weight is 288 g/mol. The van der Waals surface area contributed by atoms with Crippen LogP contribution in [-0.2, 0) is 0 Å². The molecule has 0 heterocycles. The highest BCUT2D eigenvalue weighted by Gasteiger charge is 2.11. The minimum absolute atomic E-state index is 0.153. The Kier molecular flexibility index (Phi) is 5.09. The number of nitrogens with one attached hydrogen (secondary N) is 1. The summed E-state index contributed by atoms with van der Waals surface area (Å²) in [7, 11) is 0. The average Bonchev–Trinajstić information content (AvgIpc) is 2.21. The molecular weight excluding hydrogens is 273 g/mol. The Bertz CT molecular complexity index is 379. The quantitative estimate of drug-likeness (QED) is 0.843. The maximum Gasteiger partial charge on any atom is 0.167 e. The summed E-state index contributed by atoms with van der Waals surface area (Å²) in [5.41, 5.74) is 0.153. The summed E-state index contributed by atoms with van der Waals surface area (Å²) in [4.78, 5) is 11.7. The molecule has 1 aromatic rings. The van der Waals surface area contributed by atoms with Crippen LogP contribution in [0.25, 0.3) is 0 Å². The molecule has 0 aliphatic rings. The maximum absolute atomic E-state index is 13.3. The number of carbonyl (C=O) groups is 1. The van der Waals surface area contributed by atoms with Gasteiger partial charge < -0.3 is 5.32 Å². The van der Waals surface area contributed by atoms with E-state index in [0.29, 0.717) is 23.5 Å². The number of hydrogen-bond acceptors (Lipinski definition) is 2. The van der Waals surface area contributed by atoms with Crippen molar-refractivity contribution in [2.24, 2.45) is 0 Å². The molecule has 16 heavy (non-hydrogen) atoms. The third kappa shape index (κ3) is 4.02. The van der Waals surface area contributed by atoms with Crippen LogP contribution in [0.4, 0.5) is 4.39 Å². The van der Waals surface area contributed by atoms with Crippen LogP contribution in [0.15, 0.2) is 22.7 Å². The van der Waals surface area contributed by atoms with Gasteiger partial charge in [-0.05, 0) is 18.2 Å². The van der Waals surface area contributed by atoms with Gasteiger partial charge in [0.25, 0.3) is 0 Å². The summed E-state index contributed by atoms with van der Waals surface area (Å²) in [6.07, 6.45) is 0.311. The highest BCUT2D eigenvalue weighted by Crippen LogP contribution is 2.16. The zero-order valence-corrected chi connectivity index (χ0v) is 11.0. The number of Topliss-reactive ketones (excluding diaryl/α,β-unsaturated/α-hetero) is 1. The first-order valence-corrected chi connectivity index (χ1v) is 6.01. The third-order valence-electron chi connectivity index (χ3n) is 2.13. The van der Waals surface area contributed by atoms with Gasteiger partial charge in [0.15, 0.2) is 5.78 Å². The summed E-state index contributed by atoms with van der Waals surface area (Å²) < 4.78 is 14.1. The van der Waals surface area contributed by atoms with Crippen LogP contribution in [-0.4, -0.2) is 18.4 Å². The fraction of sp³-hybridized carbons (Fsp3) is 0.417. The van der Waals surface area contributed by atoms with Crippen molar-refractivity contribution in [3.63, 3.8) is 0 Å². The number of halogens is 2. The summed E-state index contributed by atoms with van der Waals surface area (Å²) >= 11 is 3.22.